The van der Waals surface area contributed by atoms with Crippen LogP contribution in [0.4, 0.5) is 14.5 Å². The highest BCUT2D eigenvalue weighted by molar-refractivity contribution is 9.10. The molecule has 0 saturated carbocycles. The summed E-state index contributed by atoms with van der Waals surface area (Å²) in [6, 6.07) is 18.6. The van der Waals surface area contributed by atoms with Gasteiger partial charge in [0.15, 0.2) is 0 Å². The average Bonchev–Trinajstić information content (AvgIpc) is 2.74. The van der Waals surface area contributed by atoms with Gasteiger partial charge in [-0.3, -0.25) is 4.79 Å². The maximum Gasteiger partial charge on any atom is 0.266 e. The van der Waals surface area contributed by atoms with Gasteiger partial charge >= 0.3 is 0 Å². The van der Waals surface area contributed by atoms with Crippen molar-refractivity contribution in [1.29, 1.82) is 5.26 Å². The number of ether oxygens (including phenoxy) is 1. The molecule has 0 unspecified atom stereocenters. The molecule has 0 atom stereocenters. The lowest BCUT2D eigenvalue weighted by Crippen LogP contribution is -2.14. The van der Waals surface area contributed by atoms with Crippen LogP contribution in [-0.4, -0.2) is 5.91 Å². The van der Waals surface area contributed by atoms with Crippen molar-refractivity contribution in [2.75, 3.05) is 5.32 Å². The van der Waals surface area contributed by atoms with Gasteiger partial charge in [-0.1, -0.05) is 30.3 Å². The number of nitrogens with zero attached hydrogens (tertiary/aromatic N) is 1. The Morgan fingerprint density at radius 2 is 1.83 bits per heavy atom. The summed E-state index contributed by atoms with van der Waals surface area (Å²) >= 11 is 3.40. The summed E-state index contributed by atoms with van der Waals surface area (Å²) in [5, 5.41) is 11.7. The molecular formula is C23H15BrF2N2O2. The van der Waals surface area contributed by atoms with E-state index in [1.165, 1.54) is 36.4 Å². The number of halogens is 3. The minimum atomic E-state index is -0.713. The largest absolute Gasteiger partial charge is 0.488 e. The van der Waals surface area contributed by atoms with Crippen LogP contribution in [0.25, 0.3) is 6.08 Å². The van der Waals surface area contributed by atoms with Crippen molar-refractivity contribution in [1.82, 2.24) is 0 Å². The van der Waals surface area contributed by atoms with Crippen molar-refractivity contribution < 1.29 is 18.3 Å². The first-order valence-corrected chi connectivity index (χ1v) is 9.60. The first-order chi connectivity index (χ1) is 14.5. The number of amides is 1. The highest BCUT2D eigenvalue weighted by Gasteiger charge is 2.12. The van der Waals surface area contributed by atoms with Gasteiger partial charge in [-0.25, -0.2) is 8.78 Å². The van der Waals surface area contributed by atoms with E-state index in [4.69, 9.17) is 4.74 Å². The summed E-state index contributed by atoms with van der Waals surface area (Å²) in [7, 11) is 0. The zero-order chi connectivity index (χ0) is 21.5. The highest BCUT2D eigenvalue weighted by atomic mass is 79.9. The Morgan fingerprint density at radius 3 is 2.50 bits per heavy atom. The third-order valence-electron chi connectivity index (χ3n) is 4.06. The number of rotatable bonds is 6. The fraction of sp³-hybridized carbons (Fsp3) is 0.0435. The molecule has 0 bridgehead atoms. The van der Waals surface area contributed by atoms with Gasteiger partial charge in [0.1, 0.15) is 35.6 Å². The molecule has 0 aliphatic carbocycles. The van der Waals surface area contributed by atoms with Crippen LogP contribution in [0.2, 0.25) is 0 Å². The van der Waals surface area contributed by atoms with Crippen LogP contribution in [0.1, 0.15) is 11.1 Å². The Morgan fingerprint density at radius 1 is 1.10 bits per heavy atom. The maximum absolute atomic E-state index is 13.7. The van der Waals surface area contributed by atoms with Crippen LogP contribution < -0.4 is 10.1 Å². The second kappa shape index (κ2) is 9.81. The summed E-state index contributed by atoms with van der Waals surface area (Å²) < 4.78 is 33.0. The molecule has 30 heavy (non-hydrogen) atoms. The van der Waals surface area contributed by atoms with Crippen LogP contribution in [-0.2, 0) is 11.4 Å². The fourth-order valence-electron chi connectivity index (χ4n) is 2.53. The number of para-hydroxylation sites is 1. The molecule has 0 saturated heterocycles. The van der Waals surface area contributed by atoms with E-state index in [1.54, 1.807) is 36.4 Å². The molecule has 3 aromatic rings. The highest BCUT2D eigenvalue weighted by Crippen LogP contribution is 2.28. The van der Waals surface area contributed by atoms with Crippen molar-refractivity contribution in [3.8, 4) is 11.8 Å². The van der Waals surface area contributed by atoms with Gasteiger partial charge in [0.2, 0.25) is 0 Å². The maximum atomic E-state index is 13.7. The van der Waals surface area contributed by atoms with Gasteiger partial charge in [0, 0.05) is 0 Å². The third kappa shape index (κ3) is 5.52. The summed E-state index contributed by atoms with van der Waals surface area (Å²) in [6.07, 6.45) is 1.39. The van der Waals surface area contributed by atoms with Crippen LogP contribution in [0.15, 0.2) is 76.8 Å². The molecule has 3 aromatic carbocycles. The normalized spacial score (nSPS) is 10.9. The monoisotopic (exact) mass is 468 g/mol. The predicted molar refractivity (Wildman–Crippen MR) is 113 cm³/mol. The van der Waals surface area contributed by atoms with E-state index in [-0.39, 0.29) is 23.7 Å². The second-order valence-electron chi connectivity index (χ2n) is 6.21. The van der Waals surface area contributed by atoms with Gasteiger partial charge in [0.25, 0.3) is 5.91 Å². The zero-order valence-corrected chi connectivity index (χ0v) is 17.1. The standard InChI is InChI=1S/C23H15BrF2N2O2/c24-19-12-16(7-10-22(19)30-14-15-5-8-18(25)9-6-15)11-17(13-27)23(29)28-21-4-2-1-3-20(21)26/h1-12H,14H2,(H,28,29)/b17-11+. The summed E-state index contributed by atoms with van der Waals surface area (Å²) in [5.41, 5.74) is 1.21. The molecule has 0 aliphatic rings. The lowest BCUT2D eigenvalue weighted by molar-refractivity contribution is -0.112. The minimum Gasteiger partial charge on any atom is -0.488 e. The fourth-order valence-corrected chi connectivity index (χ4v) is 3.04. The molecule has 7 heteroatoms. The van der Waals surface area contributed by atoms with Gasteiger partial charge in [0.05, 0.1) is 10.2 Å². The number of hydrogen-bond acceptors (Lipinski definition) is 3. The van der Waals surface area contributed by atoms with E-state index in [9.17, 15) is 18.8 Å². The zero-order valence-electron chi connectivity index (χ0n) is 15.5. The lowest BCUT2D eigenvalue weighted by atomic mass is 10.1. The molecule has 0 aliphatic heterocycles. The predicted octanol–water partition coefficient (Wildman–Crippen LogP) is 5.85. The number of nitrogens with one attached hydrogen (secondary N) is 1. The van der Waals surface area contributed by atoms with Crippen LogP contribution in [0, 0.1) is 23.0 Å². The Balaban J connectivity index is 1.71. The molecule has 0 radical (unpaired) electrons. The Bertz CT molecular complexity index is 1140. The molecule has 150 valence electrons. The number of benzene rings is 3. The Kier molecular flexibility index (Phi) is 6.94. The quantitative estimate of drug-likeness (QED) is 0.364. The molecule has 0 fully saturated rings. The number of carbonyl (C=O) groups excluding carboxylic acids is 1. The van der Waals surface area contributed by atoms with Crippen LogP contribution in [0.5, 0.6) is 5.75 Å². The van der Waals surface area contributed by atoms with E-state index in [2.05, 4.69) is 21.2 Å². The second-order valence-corrected chi connectivity index (χ2v) is 7.06. The average molecular weight is 469 g/mol. The topological polar surface area (TPSA) is 62.1 Å². The van der Waals surface area contributed by atoms with Crippen molar-refractivity contribution in [3.05, 3.63) is 99.5 Å². The summed E-state index contributed by atoms with van der Waals surface area (Å²) in [4.78, 5) is 12.3. The molecule has 0 spiro atoms. The van der Waals surface area contributed by atoms with Gasteiger partial charge in [-0.05, 0) is 69.5 Å². The van der Waals surface area contributed by atoms with Crippen molar-refractivity contribution in [2.45, 2.75) is 6.61 Å². The van der Waals surface area contributed by atoms with Crippen LogP contribution >= 0.6 is 15.9 Å². The molecule has 1 amide bonds. The van der Waals surface area contributed by atoms with Crippen LogP contribution in [0.3, 0.4) is 0 Å². The Labute approximate surface area is 180 Å². The SMILES string of the molecule is N#C/C(=C\c1ccc(OCc2ccc(F)cc2)c(Br)c1)C(=O)Nc1ccccc1F. The van der Waals surface area contributed by atoms with Gasteiger partial charge in [-0.15, -0.1) is 0 Å². The van der Waals surface area contributed by atoms with E-state index in [0.29, 0.717) is 15.8 Å². The lowest BCUT2D eigenvalue weighted by Gasteiger charge is -2.09. The molecule has 3 rings (SSSR count). The smallest absolute Gasteiger partial charge is 0.266 e. The van der Waals surface area contributed by atoms with E-state index < -0.39 is 11.7 Å². The van der Waals surface area contributed by atoms with E-state index in [1.807, 2.05) is 6.07 Å². The molecule has 4 nitrogen and oxygen atoms in total. The summed E-state index contributed by atoms with van der Waals surface area (Å²) in [6.45, 7) is 0.253. The van der Waals surface area contributed by atoms with Crippen molar-refractivity contribution in [3.63, 3.8) is 0 Å². The number of anilines is 1. The molecule has 1 N–H and O–H groups in total. The first-order valence-electron chi connectivity index (χ1n) is 8.81. The summed E-state index contributed by atoms with van der Waals surface area (Å²) in [5.74, 6) is -1.07. The van der Waals surface area contributed by atoms with Crippen molar-refractivity contribution in [2.24, 2.45) is 0 Å². The van der Waals surface area contributed by atoms with Crippen molar-refractivity contribution >= 4 is 33.6 Å². The van der Waals surface area contributed by atoms with Gasteiger partial charge < -0.3 is 10.1 Å². The first kappa shape index (κ1) is 21.2. The van der Waals surface area contributed by atoms with E-state index in [0.717, 1.165) is 5.56 Å². The molecular weight excluding hydrogens is 454 g/mol. The number of nitriles is 1. The molecule has 0 heterocycles. The van der Waals surface area contributed by atoms with Gasteiger partial charge in [-0.2, -0.15) is 5.26 Å². The Hall–Kier alpha value is -3.50. The minimum absolute atomic E-state index is 0.00521. The number of carbonyl (C=O) groups is 1. The number of hydrogen-bond donors (Lipinski definition) is 1. The molecule has 0 aromatic heterocycles. The van der Waals surface area contributed by atoms with E-state index >= 15 is 0 Å². The third-order valence-corrected chi connectivity index (χ3v) is 4.68.